The molecule has 0 aliphatic heterocycles. The van der Waals surface area contributed by atoms with Gasteiger partial charge in [-0.3, -0.25) is 4.79 Å². The molecular weight excluding hydrogens is 331 g/mol. The summed E-state index contributed by atoms with van der Waals surface area (Å²) in [6, 6.07) is 14.1. The third-order valence-corrected chi connectivity index (χ3v) is 4.56. The molecule has 1 fully saturated rings. The average Bonchev–Trinajstić information content (AvgIpc) is 2.66. The van der Waals surface area contributed by atoms with E-state index in [0.717, 1.165) is 11.4 Å². The van der Waals surface area contributed by atoms with Crippen LogP contribution in [0.4, 0.5) is 15.8 Å². The van der Waals surface area contributed by atoms with Gasteiger partial charge in [0.25, 0.3) is 0 Å². The lowest BCUT2D eigenvalue weighted by molar-refractivity contribution is -0.116. The second-order valence-corrected chi connectivity index (χ2v) is 6.66. The Labute approximate surface area is 153 Å². The van der Waals surface area contributed by atoms with Crippen molar-refractivity contribution in [1.82, 2.24) is 0 Å². The molecule has 0 unspecified atom stereocenters. The van der Waals surface area contributed by atoms with Crippen molar-refractivity contribution in [2.75, 3.05) is 17.2 Å². The Morgan fingerprint density at radius 1 is 0.962 bits per heavy atom. The van der Waals surface area contributed by atoms with E-state index < -0.39 is 0 Å². The average molecular weight is 356 g/mol. The fourth-order valence-corrected chi connectivity index (χ4v) is 3.15. The summed E-state index contributed by atoms with van der Waals surface area (Å²) in [4.78, 5) is 12.0. The van der Waals surface area contributed by atoms with Crippen molar-refractivity contribution < 1.29 is 13.9 Å². The highest BCUT2D eigenvalue weighted by molar-refractivity contribution is 5.90. The van der Waals surface area contributed by atoms with E-state index in [1.54, 1.807) is 12.1 Å². The molecule has 0 radical (unpaired) electrons. The van der Waals surface area contributed by atoms with Crippen molar-refractivity contribution in [3.05, 3.63) is 54.3 Å². The smallest absolute Gasteiger partial charge is 0.227 e. The van der Waals surface area contributed by atoms with Crippen LogP contribution >= 0.6 is 0 Å². The molecule has 2 aromatic carbocycles. The first-order chi connectivity index (χ1) is 12.7. The molecule has 0 aromatic heterocycles. The van der Waals surface area contributed by atoms with Crippen molar-refractivity contribution in [2.24, 2.45) is 0 Å². The van der Waals surface area contributed by atoms with Gasteiger partial charge in [0, 0.05) is 17.4 Å². The minimum atomic E-state index is -0.309. The Morgan fingerprint density at radius 3 is 2.31 bits per heavy atom. The normalized spacial score (nSPS) is 14.7. The fraction of sp³-hybridized carbons (Fsp3) is 0.381. The van der Waals surface area contributed by atoms with E-state index >= 15 is 0 Å². The highest BCUT2D eigenvalue weighted by atomic mass is 19.1. The SMILES string of the molecule is O=C(CCOc1ccc(F)cc1)Nc1ccc(NC2CCCCC2)cc1. The molecule has 1 amide bonds. The van der Waals surface area contributed by atoms with E-state index in [-0.39, 0.29) is 24.8 Å². The molecule has 5 heteroatoms. The zero-order valence-electron chi connectivity index (χ0n) is 14.8. The predicted octanol–water partition coefficient (Wildman–Crippen LogP) is 4.98. The summed E-state index contributed by atoms with van der Waals surface area (Å²) in [5.74, 6) is 0.133. The van der Waals surface area contributed by atoms with Gasteiger partial charge < -0.3 is 15.4 Å². The Kier molecular flexibility index (Phi) is 6.47. The van der Waals surface area contributed by atoms with Crippen molar-refractivity contribution in [1.29, 1.82) is 0 Å². The summed E-state index contributed by atoms with van der Waals surface area (Å²) in [5.41, 5.74) is 1.86. The van der Waals surface area contributed by atoms with Crippen molar-refractivity contribution >= 4 is 17.3 Å². The Balaban J connectivity index is 1.40. The van der Waals surface area contributed by atoms with Crippen LogP contribution in [0.5, 0.6) is 5.75 Å². The summed E-state index contributed by atoms with van der Waals surface area (Å²) in [7, 11) is 0. The van der Waals surface area contributed by atoms with Gasteiger partial charge in [0.05, 0.1) is 13.0 Å². The Bertz CT molecular complexity index is 695. The molecule has 0 heterocycles. The fourth-order valence-electron chi connectivity index (χ4n) is 3.15. The number of carbonyl (C=O) groups is 1. The summed E-state index contributed by atoms with van der Waals surface area (Å²) in [5, 5.41) is 6.42. The van der Waals surface area contributed by atoms with E-state index in [1.165, 1.54) is 44.2 Å². The van der Waals surface area contributed by atoms with Crippen LogP contribution in [0.1, 0.15) is 38.5 Å². The number of ether oxygens (including phenoxy) is 1. The molecule has 0 spiro atoms. The minimum Gasteiger partial charge on any atom is -0.493 e. The Hall–Kier alpha value is -2.56. The largest absolute Gasteiger partial charge is 0.493 e. The molecule has 4 nitrogen and oxygen atoms in total. The van der Waals surface area contributed by atoms with E-state index in [1.807, 2.05) is 24.3 Å². The number of nitrogens with one attached hydrogen (secondary N) is 2. The molecule has 3 rings (SSSR count). The third-order valence-electron chi connectivity index (χ3n) is 4.56. The van der Waals surface area contributed by atoms with Crippen LogP contribution in [-0.2, 0) is 4.79 Å². The molecule has 0 atom stereocenters. The van der Waals surface area contributed by atoms with Crippen LogP contribution in [0.2, 0.25) is 0 Å². The zero-order valence-corrected chi connectivity index (χ0v) is 14.8. The first-order valence-corrected chi connectivity index (χ1v) is 9.24. The number of amides is 1. The lowest BCUT2D eigenvalue weighted by atomic mass is 9.95. The van der Waals surface area contributed by atoms with Crippen molar-refractivity contribution in [3.8, 4) is 5.75 Å². The highest BCUT2D eigenvalue weighted by Gasteiger charge is 2.12. The summed E-state index contributed by atoms with van der Waals surface area (Å²) < 4.78 is 18.3. The van der Waals surface area contributed by atoms with Crippen LogP contribution < -0.4 is 15.4 Å². The number of hydrogen-bond acceptors (Lipinski definition) is 3. The zero-order chi connectivity index (χ0) is 18.2. The first-order valence-electron chi connectivity index (χ1n) is 9.24. The summed E-state index contributed by atoms with van der Waals surface area (Å²) in [6.45, 7) is 0.249. The number of anilines is 2. The number of rotatable bonds is 7. The van der Waals surface area contributed by atoms with E-state index in [2.05, 4.69) is 10.6 Å². The maximum Gasteiger partial charge on any atom is 0.227 e. The number of carbonyl (C=O) groups excluding carboxylic acids is 1. The van der Waals surface area contributed by atoms with Gasteiger partial charge in [-0.15, -0.1) is 0 Å². The Morgan fingerprint density at radius 2 is 1.62 bits per heavy atom. The van der Waals surface area contributed by atoms with E-state index in [9.17, 15) is 9.18 Å². The highest BCUT2D eigenvalue weighted by Crippen LogP contribution is 2.22. The third kappa shape index (κ3) is 5.76. The van der Waals surface area contributed by atoms with Gasteiger partial charge in [-0.2, -0.15) is 0 Å². The van der Waals surface area contributed by atoms with Crippen LogP contribution in [-0.4, -0.2) is 18.6 Å². The van der Waals surface area contributed by atoms with Crippen molar-refractivity contribution in [2.45, 2.75) is 44.6 Å². The quantitative estimate of drug-likeness (QED) is 0.736. The van der Waals surface area contributed by atoms with Gasteiger partial charge in [0.2, 0.25) is 5.91 Å². The lowest BCUT2D eigenvalue weighted by Crippen LogP contribution is -2.22. The van der Waals surface area contributed by atoms with Gasteiger partial charge in [0.1, 0.15) is 11.6 Å². The van der Waals surface area contributed by atoms with E-state index in [4.69, 9.17) is 4.74 Å². The standard InChI is InChI=1S/C21H25FN2O2/c22-16-6-12-20(13-7-16)26-15-14-21(25)24-19-10-8-18(9-11-19)23-17-4-2-1-3-5-17/h6-13,17,23H,1-5,14-15H2,(H,24,25). The van der Waals surface area contributed by atoms with E-state index in [0.29, 0.717) is 11.8 Å². The van der Waals surface area contributed by atoms with Gasteiger partial charge >= 0.3 is 0 Å². The van der Waals surface area contributed by atoms with Crippen molar-refractivity contribution in [3.63, 3.8) is 0 Å². The maximum absolute atomic E-state index is 12.8. The van der Waals surface area contributed by atoms with Gasteiger partial charge in [-0.25, -0.2) is 4.39 Å². The second-order valence-electron chi connectivity index (χ2n) is 6.66. The van der Waals surface area contributed by atoms with Gasteiger partial charge in [-0.1, -0.05) is 19.3 Å². The molecule has 1 saturated carbocycles. The number of benzene rings is 2. The predicted molar refractivity (Wildman–Crippen MR) is 102 cm³/mol. The molecule has 2 aromatic rings. The molecule has 0 saturated heterocycles. The topological polar surface area (TPSA) is 50.4 Å². The second kappa shape index (κ2) is 9.22. The molecule has 1 aliphatic rings. The molecule has 1 aliphatic carbocycles. The minimum absolute atomic E-state index is 0.111. The first kappa shape index (κ1) is 18.2. The lowest BCUT2D eigenvalue weighted by Gasteiger charge is -2.23. The van der Waals surface area contributed by atoms with Crippen LogP contribution in [0.3, 0.4) is 0 Å². The summed E-state index contributed by atoms with van der Waals surface area (Å²) in [6.07, 6.45) is 6.63. The molecule has 138 valence electrons. The molecular formula is C21H25FN2O2. The number of halogens is 1. The molecule has 2 N–H and O–H groups in total. The van der Waals surface area contributed by atoms with Crippen LogP contribution in [0.15, 0.2) is 48.5 Å². The van der Waals surface area contributed by atoms with Gasteiger partial charge in [0.15, 0.2) is 0 Å². The van der Waals surface area contributed by atoms with Gasteiger partial charge in [-0.05, 0) is 61.4 Å². The van der Waals surface area contributed by atoms with Crippen LogP contribution in [0.25, 0.3) is 0 Å². The monoisotopic (exact) mass is 356 g/mol. The summed E-state index contributed by atoms with van der Waals surface area (Å²) >= 11 is 0. The van der Waals surface area contributed by atoms with Crippen LogP contribution in [0, 0.1) is 5.82 Å². The molecule has 26 heavy (non-hydrogen) atoms. The maximum atomic E-state index is 12.8. The molecule has 0 bridgehead atoms. The number of hydrogen-bond donors (Lipinski definition) is 2.